The molecular weight excluding hydrogens is 428 g/mol. The highest BCUT2D eigenvalue weighted by Crippen LogP contribution is 2.09. The van der Waals surface area contributed by atoms with Crippen molar-refractivity contribution < 1.29 is 28.6 Å². The second kappa shape index (κ2) is 20.8. The van der Waals surface area contributed by atoms with Crippen molar-refractivity contribution in [1.29, 1.82) is 0 Å². The molecule has 0 rings (SSSR count). The quantitative estimate of drug-likeness (QED) is 0.171. The molecule has 0 spiro atoms. The predicted molar refractivity (Wildman–Crippen MR) is 128 cm³/mol. The van der Waals surface area contributed by atoms with Gasteiger partial charge < -0.3 is 35.5 Å². The monoisotopic (exact) mass is 474 g/mol. The van der Waals surface area contributed by atoms with E-state index in [0.717, 1.165) is 19.3 Å². The van der Waals surface area contributed by atoms with E-state index in [1.54, 1.807) is 7.05 Å². The first kappa shape index (κ1) is 31.2. The van der Waals surface area contributed by atoms with E-state index in [-0.39, 0.29) is 76.6 Å². The Hall–Kier alpha value is -1.75. The Kier molecular flexibility index (Phi) is 19.7. The molecular formula is C23H46N4O6. The summed E-state index contributed by atoms with van der Waals surface area (Å²) in [5.74, 6) is -0.137. The fourth-order valence-corrected chi connectivity index (χ4v) is 2.70. The lowest BCUT2D eigenvalue weighted by Crippen LogP contribution is -2.55. The third kappa shape index (κ3) is 17.4. The summed E-state index contributed by atoms with van der Waals surface area (Å²) in [5, 5.41) is 11.7. The van der Waals surface area contributed by atoms with Crippen LogP contribution in [0.1, 0.15) is 59.3 Å². The molecule has 0 aromatic heterocycles. The maximum absolute atomic E-state index is 11.8. The minimum atomic E-state index is -0.667. The van der Waals surface area contributed by atoms with Gasteiger partial charge in [-0.1, -0.05) is 20.8 Å². The van der Waals surface area contributed by atoms with E-state index < -0.39 is 5.54 Å². The molecule has 0 aliphatic carbocycles. The zero-order chi connectivity index (χ0) is 24.8. The zero-order valence-corrected chi connectivity index (χ0v) is 21.1. The second-order valence-electron chi connectivity index (χ2n) is 7.99. The lowest BCUT2D eigenvalue weighted by molar-refractivity contribution is -0.122. The third-order valence-corrected chi connectivity index (χ3v) is 4.80. The van der Waals surface area contributed by atoms with E-state index in [2.05, 4.69) is 21.3 Å². The molecule has 0 bridgehead atoms. The van der Waals surface area contributed by atoms with Crippen molar-refractivity contribution in [3.8, 4) is 0 Å². The normalized spacial score (nSPS) is 11.3. The Bertz CT molecular complexity index is 464. The van der Waals surface area contributed by atoms with Crippen molar-refractivity contribution in [2.75, 3.05) is 66.3 Å². The lowest BCUT2D eigenvalue weighted by atomic mass is 10.0. The number of carbonyl (C=O) groups is 3. The Morgan fingerprint density at radius 2 is 0.909 bits per heavy atom. The summed E-state index contributed by atoms with van der Waals surface area (Å²) in [6, 6.07) is 0. The van der Waals surface area contributed by atoms with Crippen LogP contribution in [-0.2, 0) is 28.6 Å². The van der Waals surface area contributed by atoms with Gasteiger partial charge in [0.1, 0.15) is 0 Å². The summed E-state index contributed by atoms with van der Waals surface area (Å²) in [7, 11) is 1.78. The predicted octanol–water partition coefficient (Wildman–Crippen LogP) is 0.743. The van der Waals surface area contributed by atoms with E-state index in [9.17, 15) is 14.4 Å². The molecule has 10 heteroatoms. The Morgan fingerprint density at radius 1 is 0.606 bits per heavy atom. The molecule has 0 radical (unpaired) electrons. The van der Waals surface area contributed by atoms with Gasteiger partial charge in [0.25, 0.3) is 0 Å². The van der Waals surface area contributed by atoms with Crippen LogP contribution in [0.4, 0.5) is 0 Å². The minimum Gasteiger partial charge on any atom is -0.379 e. The molecule has 4 N–H and O–H groups in total. The first-order chi connectivity index (χ1) is 15.9. The maximum Gasteiger partial charge on any atom is 0.222 e. The number of carbonyl (C=O) groups excluding carboxylic acids is 3. The number of hydrogen-bond donors (Lipinski definition) is 4. The number of amides is 3. The van der Waals surface area contributed by atoms with Crippen LogP contribution < -0.4 is 21.3 Å². The lowest BCUT2D eigenvalue weighted by Gasteiger charge is -2.33. The molecule has 0 atom stereocenters. The molecule has 10 nitrogen and oxygen atoms in total. The van der Waals surface area contributed by atoms with E-state index in [4.69, 9.17) is 14.2 Å². The van der Waals surface area contributed by atoms with Crippen LogP contribution in [0.25, 0.3) is 0 Å². The number of nitrogens with one attached hydrogen (secondary N) is 4. The molecule has 0 aliphatic heterocycles. The van der Waals surface area contributed by atoms with Gasteiger partial charge in [-0.15, -0.1) is 0 Å². The van der Waals surface area contributed by atoms with Crippen molar-refractivity contribution in [3.63, 3.8) is 0 Å². The van der Waals surface area contributed by atoms with Gasteiger partial charge in [0.15, 0.2) is 0 Å². The van der Waals surface area contributed by atoms with E-state index in [0.29, 0.717) is 19.6 Å². The van der Waals surface area contributed by atoms with Crippen LogP contribution in [0.5, 0.6) is 0 Å². The molecule has 0 unspecified atom stereocenters. The minimum absolute atomic E-state index is 0.0457. The van der Waals surface area contributed by atoms with Gasteiger partial charge in [0.05, 0.1) is 45.2 Å². The van der Waals surface area contributed by atoms with Crippen LogP contribution in [0.3, 0.4) is 0 Å². The van der Waals surface area contributed by atoms with Crippen molar-refractivity contribution >= 4 is 17.7 Å². The molecule has 3 amide bonds. The average molecular weight is 475 g/mol. The Balaban J connectivity index is 4.60. The first-order valence-corrected chi connectivity index (χ1v) is 12.1. The summed E-state index contributed by atoms with van der Waals surface area (Å²) in [6.45, 7) is 9.55. The van der Waals surface area contributed by atoms with E-state index in [1.807, 2.05) is 20.8 Å². The smallest absolute Gasteiger partial charge is 0.222 e. The summed E-state index contributed by atoms with van der Waals surface area (Å²) >= 11 is 0. The SMILES string of the molecule is CCCNC(=O)CCOCC(COCCC(=O)NCCC)(COCCC(=O)NCCC)NC. The average Bonchev–Trinajstić information content (AvgIpc) is 2.82. The molecule has 0 saturated carbocycles. The van der Waals surface area contributed by atoms with Gasteiger partial charge in [-0.05, 0) is 26.3 Å². The highest BCUT2D eigenvalue weighted by Gasteiger charge is 2.30. The molecule has 0 saturated heterocycles. The van der Waals surface area contributed by atoms with Gasteiger partial charge in [-0.2, -0.15) is 0 Å². The molecule has 33 heavy (non-hydrogen) atoms. The largest absolute Gasteiger partial charge is 0.379 e. The Morgan fingerprint density at radius 3 is 1.15 bits per heavy atom. The standard InChI is InChI=1S/C23H46N4O6/c1-5-11-25-20(28)8-14-31-17-23(24-4,18-32-15-9-21(29)26-12-6-2)19-33-16-10-22(30)27-13-7-3/h24H,5-19H2,1-4H3,(H,25,28)(H,26,29)(H,27,30). The van der Waals surface area contributed by atoms with Gasteiger partial charge in [0.2, 0.25) is 17.7 Å². The van der Waals surface area contributed by atoms with Crippen LogP contribution in [0, 0.1) is 0 Å². The fraction of sp³-hybridized carbons (Fsp3) is 0.870. The van der Waals surface area contributed by atoms with Crippen molar-refractivity contribution in [2.45, 2.75) is 64.8 Å². The number of hydrogen-bond acceptors (Lipinski definition) is 7. The van der Waals surface area contributed by atoms with Gasteiger partial charge in [0, 0.05) is 38.9 Å². The number of ether oxygens (including phenoxy) is 3. The topological polar surface area (TPSA) is 127 Å². The summed E-state index contributed by atoms with van der Waals surface area (Å²) < 4.78 is 17.3. The molecule has 0 aromatic carbocycles. The second-order valence-corrected chi connectivity index (χ2v) is 7.99. The van der Waals surface area contributed by atoms with E-state index in [1.165, 1.54) is 0 Å². The van der Waals surface area contributed by atoms with Crippen LogP contribution in [0.15, 0.2) is 0 Å². The zero-order valence-electron chi connectivity index (χ0n) is 21.1. The summed E-state index contributed by atoms with van der Waals surface area (Å²) in [6.07, 6.45) is 3.48. The molecule has 0 heterocycles. The number of likely N-dealkylation sites (N-methyl/N-ethyl adjacent to an activating group) is 1. The molecule has 0 fully saturated rings. The summed E-state index contributed by atoms with van der Waals surface area (Å²) in [5.41, 5.74) is -0.667. The van der Waals surface area contributed by atoms with Crippen LogP contribution >= 0.6 is 0 Å². The Labute approximate surface area is 199 Å². The van der Waals surface area contributed by atoms with Gasteiger partial charge in [-0.25, -0.2) is 0 Å². The molecule has 194 valence electrons. The van der Waals surface area contributed by atoms with Crippen molar-refractivity contribution in [3.05, 3.63) is 0 Å². The van der Waals surface area contributed by atoms with Gasteiger partial charge in [-0.3, -0.25) is 14.4 Å². The van der Waals surface area contributed by atoms with Crippen molar-refractivity contribution in [1.82, 2.24) is 21.3 Å². The van der Waals surface area contributed by atoms with Gasteiger partial charge >= 0.3 is 0 Å². The maximum atomic E-state index is 11.8. The van der Waals surface area contributed by atoms with Crippen LogP contribution in [0.2, 0.25) is 0 Å². The highest BCUT2D eigenvalue weighted by molar-refractivity contribution is 5.76. The van der Waals surface area contributed by atoms with Crippen molar-refractivity contribution in [2.24, 2.45) is 0 Å². The number of rotatable bonds is 22. The van der Waals surface area contributed by atoms with Crippen LogP contribution in [-0.4, -0.2) is 89.6 Å². The first-order valence-electron chi connectivity index (χ1n) is 12.1. The van der Waals surface area contributed by atoms with E-state index >= 15 is 0 Å². The molecule has 0 aliphatic rings. The molecule has 0 aromatic rings. The highest BCUT2D eigenvalue weighted by atomic mass is 16.5. The summed E-state index contributed by atoms with van der Waals surface area (Å²) in [4.78, 5) is 35.3. The third-order valence-electron chi connectivity index (χ3n) is 4.80. The fourth-order valence-electron chi connectivity index (χ4n) is 2.70.